The highest BCUT2D eigenvalue weighted by molar-refractivity contribution is 5.76. The molecule has 0 saturated carbocycles. The van der Waals surface area contributed by atoms with Gasteiger partial charge in [-0.15, -0.1) is 0 Å². The predicted octanol–water partition coefficient (Wildman–Crippen LogP) is 5.83. The standard InChI is InChI=1S/C25H28FN3/c1-16-6-5-13-29(16)23-11-9-22(10-12-23)28-19(4)27-18(3)24-14-20-7-8-21(26)15-25(20)17(24)2/h7-12,15,18,27-28H,1,4-6,13-14H2,2-3H3/t18-/m0/s1. The van der Waals surface area contributed by atoms with E-state index in [2.05, 4.69) is 66.8 Å². The number of rotatable bonds is 6. The van der Waals surface area contributed by atoms with Crippen LogP contribution in [0.4, 0.5) is 15.8 Å². The zero-order valence-corrected chi connectivity index (χ0v) is 17.2. The van der Waals surface area contributed by atoms with Crippen molar-refractivity contribution in [2.75, 3.05) is 16.8 Å². The van der Waals surface area contributed by atoms with Crippen molar-refractivity contribution in [1.29, 1.82) is 0 Å². The summed E-state index contributed by atoms with van der Waals surface area (Å²) in [5, 5.41) is 6.79. The van der Waals surface area contributed by atoms with Gasteiger partial charge in [-0.2, -0.15) is 0 Å². The van der Waals surface area contributed by atoms with Crippen molar-refractivity contribution in [1.82, 2.24) is 5.32 Å². The fraction of sp³-hybridized carbons (Fsp3) is 0.280. The summed E-state index contributed by atoms with van der Waals surface area (Å²) in [7, 11) is 0. The maximum atomic E-state index is 13.6. The lowest BCUT2D eigenvalue weighted by Crippen LogP contribution is -2.30. The van der Waals surface area contributed by atoms with Gasteiger partial charge in [0.2, 0.25) is 0 Å². The number of fused-ring (bicyclic) bond motifs is 1. The first kappa shape index (κ1) is 19.3. The van der Waals surface area contributed by atoms with Crippen molar-refractivity contribution in [2.24, 2.45) is 0 Å². The normalized spacial score (nSPS) is 16.8. The highest BCUT2D eigenvalue weighted by Gasteiger charge is 2.23. The third-order valence-corrected chi connectivity index (χ3v) is 5.95. The second kappa shape index (κ2) is 7.78. The Kier molecular flexibility index (Phi) is 5.18. The summed E-state index contributed by atoms with van der Waals surface area (Å²) >= 11 is 0. The van der Waals surface area contributed by atoms with Crippen LogP contribution in [-0.4, -0.2) is 12.6 Å². The van der Waals surface area contributed by atoms with Crippen LogP contribution >= 0.6 is 0 Å². The highest BCUT2D eigenvalue weighted by atomic mass is 19.1. The van der Waals surface area contributed by atoms with E-state index in [1.165, 1.54) is 35.0 Å². The number of halogens is 1. The Morgan fingerprint density at radius 1 is 1.17 bits per heavy atom. The molecular formula is C25H28FN3. The Morgan fingerprint density at radius 2 is 1.93 bits per heavy atom. The molecule has 4 rings (SSSR count). The zero-order valence-electron chi connectivity index (χ0n) is 17.2. The molecule has 0 spiro atoms. The minimum atomic E-state index is -0.183. The second-order valence-corrected chi connectivity index (χ2v) is 7.97. The molecule has 4 heteroatoms. The third kappa shape index (κ3) is 3.93. The van der Waals surface area contributed by atoms with Crippen molar-refractivity contribution in [3.8, 4) is 0 Å². The van der Waals surface area contributed by atoms with E-state index in [1.807, 2.05) is 6.07 Å². The molecule has 1 aliphatic carbocycles. The SMILES string of the molecule is C=C(Nc1ccc(N2CCCC2=C)cc1)N[C@@H](C)C1=C(C)c2cc(F)ccc2C1. The van der Waals surface area contributed by atoms with Crippen molar-refractivity contribution >= 4 is 16.9 Å². The molecule has 150 valence electrons. The molecule has 3 nitrogen and oxygen atoms in total. The average molecular weight is 390 g/mol. The van der Waals surface area contributed by atoms with Gasteiger partial charge in [-0.3, -0.25) is 0 Å². The smallest absolute Gasteiger partial charge is 0.123 e. The van der Waals surface area contributed by atoms with E-state index in [-0.39, 0.29) is 11.9 Å². The van der Waals surface area contributed by atoms with Crippen LogP contribution in [0.3, 0.4) is 0 Å². The van der Waals surface area contributed by atoms with Crippen LogP contribution in [0.15, 0.2) is 72.7 Å². The summed E-state index contributed by atoms with van der Waals surface area (Å²) < 4.78 is 13.6. The summed E-state index contributed by atoms with van der Waals surface area (Å²) in [5.41, 5.74) is 8.00. The summed E-state index contributed by atoms with van der Waals surface area (Å²) in [6.45, 7) is 13.5. The maximum absolute atomic E-state index is 13.6. The van der Waals surface area contributed by atoms with Crippen molar-refractivity contribution in [3.63, 3.8) is 0 Å². The van der Waals surface area contributed by atoms with Gasteiger partial charge in [0.25, 0.3) is 0 Å². The highest BCUT2D eigenvalue weighted by Crippen LogP contribution is 2.34. The van der Waals surface area contributed by atoms with Gasteiger partial charge in [-0.05, 0) is 91.8 Å². The molecule has 2 aromatic rings. The first-order chi connectivity index (χ1) is 13.9. The van der Waals surface area contributed by atoms with Crippen LogP contribution in [-0.2, 0) is 6.42 Å². The Morgan fingerprint density at radius 3 is 2.62 bits per heavy atom. The molecule has 1 aliphatic heterocycles. The van der Waals surface area contributed by atoms with E-state index in [0.717, 1.165) is 42.0 Å². The number of nitrogens with one attached hydrogen (secondary N) is 2. The van der Waals surface area contributed by atoms with Crippen molar-refractivity contribution in [2.45, 2.75) is 39.2 Å². The molecule has 1 heterocycles. The molecule has 1 saturated heterocycles. The summed E-state index contributed by atoms with van der Waals surface area (Å²) in [5.74, 6) is 0.565. The molecule has 0 aromatic heterocycles. The van der Waals surface area contributed by atoms with E-state index in [1.54, 1.807) is 6.07 Å². The maximum Gasteiger partial charge on any atom is 0.123 e. The monoisotopic (exact) mass is 389 g/mol. The van der Waals surface area contributed by atoms with Crippen LogP contribution in [0.1, 0.15) is 37.8 Å². The average Bonchev–Trinajstić information content (AvgIpc) is 3.26. The molecule has 0 amide bonds. The summed E-state index contributed by atoms with van der Waals surface area (Å²) in [6.07, 6.45) is 3.09. The minimum absolute atomic E-state index is 0.109. The summed E-state index contributed by atoms with van der Waals surface area (Å²) in [4.78, 5) is 2.27. The van der Waals surface area contributed by atoms with Crippen LogP contribution in [0.25, 0.3) is 5.57 Å². The van der Waals surface area contributed by atoms with Crippen LogP contribution in [0.2, 0.25) is 0 Å². The van der Waals surface area contributed by atoms with Gasteiger partial charge < -0.3 is 15.5 Å². The van der Waals surface area contributed by atoms with E-state index in [9.17, 15) is 4.39 Å². The Bertz CT molecular complexity index is 988. The predicted molar refractivity (Wildman–Crippen MR) is 120 cm³/mol. The molecule has 0 bridgehead atoms. The fourth-order valence-electron chi connectivity index (χ4n) is 4.37. The van der Waals surface area contributed by atoms with E-state index in [4.69, 9.17) is 0 Å². The van der Waals surface area contributed by atoms with E-state index >= 15 is 0 Å². The first-order valence-electron chi connectivity index (χ1n) is 10.2. The molecule has 29 heavy (non-hydrogen) atoms. The molecule has 2 aliphatic rings. The lowest BCUT2D eigenvalue weighted by Gasteiger charge is -2.22. The minimum Gasteiger partial charge on any atom is -0.366 e. The lowest BCUT2D eigenvalue weighted by molar-refractivity contribution is 0.627. The molecule has 1 atom stereocenters. The Balaban J connectivity index is 1.38. The van der Waals surface area contributed by atoms with Gasteiger partial charge >= 0.3 is 0 Å². The molecule has 0 unspecified atom stereocenters. The number of allylic oxidation sites excluding steroid dienone is 2. The molecule has 0 radical (unpaired) electrons. The Hall–Kier alpha value is -3.01. The van der Waals surface area contributed by atoms with Gasteiger partial charge in [0, 0.05) is 29.7 Å². The molecule has 2 aromatic carbocycles. The van der Waals surface area contributed by atoms with Crippen LogP contribution in [0, 0.1) is 5.82 Å². The third-order valence-electron chi connectivity index (χ3n) is 5.95. The number of anilines is 2. The van der Waals surface area contributed by atoms with Crippen LogP contribution < -0.4 is 15.5 Å². The second-order valence-electron chi connectivity index (χ2n) is 7.97. The van der Waals surface area contributed by atoms with Crippen LogP contribution in [0.5, 0.6) is 0 Å². The van der Waals surface area contributed by atoms with Gasteiger partial charge in [-0.1, -0.05) is 19.2 Å². The number of hydrogen-bond donors (Lipinski definition) is 2. The van der Waals surface area contributed by atoms with Gasteiger partial charge in [-0.25, -0.2) is 4.39 Å². The quantitative estimate of drug-likeness (QED) is 0.651. The Labute approximate surface area is 172 Å². The molecule has 2 N–H and O–H groups in total. The van der Waals surface area contributed by atoms with Gasteiger partial charge in [0.05, 0.1) is 5.82 Å². The van der Waals surface area contributed by atoms with Crippen molar-refractivity contribution in [3.05, 3.63) is 89.7 Å². The summed E-state index contributed by atoms with van der Waals surface area (Å²) in [6, 6.07) is 13.5. The lowest BCUT2D eigenvalue weighted by atomic mass is 10.0. The number of nitrogens with zero attached hydrogens (tertiary/aromatic N) is 1. The fourth-order valence-corrected chi connectivity index (χ4v) is 4.37. The molecule has 1 fully saturated rings. The number of benzene rings is 2. The van der Waals surface area contributed by atoms with E-state index in [0.29, 0.717) is 0 Å². The zero-order chi connectivity index (χ0) is 20.5. The number of hydrogen-bond acceptors (Lipinski definition) is 3. The van der Waals surface area contributed by atoms with Gasteiger partial charge in [0.1, 0.15) is 5.82 Å². The molecular weight excluding hydrogens is 361 g/mol. The largest absolute Gasteiger partial charge is 0.366 e. The van der Waals surface area contributed by atoms with Crippen molar-refractivity contribution < 1.29 is 4.39 Å². The van der Waals surface area contributed by atoms with E-state index < -0.39 is 0 Å². The topological polar surface area (TPSA) is 27.3 Å². The first-order valence-corrected chi connectivity index (χ1v) is 10.2. The van der Waals surface area contributed by atoms with Gasteiger partial charge in [0.15, 0.2) is 0 Å².